The van der Waals surface area contributed by atoms with Gasteiger partial charge in [-0.2, -0.15) is 4.31 Å². The molecule has 0 spiro atoms. The van der Waals surface area contributed by atoms with E-state index in [9.17, 15) is 13.2 Å². The minimum absolute atomic E-state index is 0.180. The van der Waals surface area contributed by atoms with Crippen molar-refractivity contribution in [1.82, 2.24) is 4.31 Å². The van der Waals surface area contributed by atoms with Crippen molar-refractivity contribution in [2.45, 2.75) is 26.7 Å². The lowest BCUT2D eigenvalue weighted by Crippen LogP contribution is -2.38. The van der Waals surface area contributed by atoms with Gasteiger partial charge in [0.25, 0.3) is 0 Å². The molecule has 0 saturated heterocycles. The van der Waals surface area contributed by atoms with Gasteiger partial charge >= 0.3 is 0 Å². The highest BCUT2D eigenvalue weighted by molar-refractivity contribution is 7.88. The van der Waals surface area contributed by atoms with Gasteiger partial charge in [0.1, 0.15) is 0 Å². The normalized spacial score (nSPS) is 11.5. The molecular weight excluding hydrogens is 348 g/mol. The van der Waals surface area contributed by atoms with Crippen LogP contribution in [0.2, 0.25) is 0 Å². The maximum atomic E-state index is 12.3. The van der Waals surface area contributed by atoms with Gasteiger partial charge in [-0.15, -0.1) is 0 Å². The number of carbonyl (C=O) groups is 1. The summed E-state index contributed by atoms with van der Waals surface area (Å²) in [5.41, 5.74) is 4.05. The van der Waals surface area contributed by atoms with Crippen LogP contribution in [0, 0.1) is 13.8 Å². The molecule has 26 heavy (non-hydrogen) atoms. The Morgan fingerprint density at radius 3 is 2.35 bits per heavy atom. The summed E-state index contributed by atoms with van der Waals surface area (Å²) in [4.78, 5) is 12.3. The third-order valence-electron chi connectivity index (χ3n) is 4.30. The molecule has 2 rings (SSSR count). The molecular formula is C20H26N2O3S. The maximum Gasteiger partial charge on any atom is 0.239 e. The second-order valence-corrected chi connectivity index (χ2v) is 8.52. The van der Waals surface area contributed by atoms with Gasteiger partial charge in [0.05, 0.1) is 12.8 Å². The molecule has 1 amide bonds. The van der Waals surface area contributed by atoms with Crippen LogP contribution in [0.3, 0.4) is 0 Å². The Hall–Kier alpha value is -2.18. The van der Waals surface area contributed by atoms with Crippen LogP contribution in [0.1, 0.15) is 23.1 Å². The van der Waals surface area contributed by atoms with Crippen molar-refractivity contribution in [1.29, 1.82) is 0 Å². The first-order valence-corrected chi connectivity index (χ1v) is 10.5. The van der Waals surface area contributed by atoms with Crippen molar-refractivity contribution in [3.8, 4) is 0 Å². The summed E-state index contributed by atoms with van der Waals surface area (Å²) in [6, 6.07) is 15.5. The van der Waals surface area contributed by atoms with E-state index in [-0.39, 0.29) is 12.5 Å². The summed E-state index contributed by atoms with van der Waals surface area (Å²) in [5, 5.41) is 2.78. The number of nitrogens with zero attached hydrogens (tertiary/aromatic N) is 1. The number of anilines is 1. The zero-order valence-electron chi connectivity index (χ0n) is 15.5. The SMILES string of the molecule is Cc1ccc(NC(=O)CN(CCCc2ccccc2)S(C)(=O)=O)cc1C. The molecule has 0 unspecified atom stereocenters. The molecule has 0 bridgehead atoms. The molecule has 5 nitrogen and oxygen atoms in total. The van der Waals surface area contributed by atoms with Crippen molar-refractivity contribution in [3.63, 3.8) is 0 Å². The van der Waals surface area contributed by atoms with Crippen molar-refractivity contribution < 1.29 is 13.2 Å². The molecule has 140 valence electrons. The second kappa shape index (κ2) is 8.96. The van der Waals surface area contributed by atoms with Crippen LogP contribution in [-0.2, 0) is 21.2 Å². The van der Waals surface area contributed by atoms with Gasteiger partial charge in [0, 0.05) is 12.2 Å². The summed E-state index contributed by atoms with van der Waals surface area (Å²) < 4.78 is 25.2. The van der Waals surface area contributed by atoms with Crippen LogP contribution in [0.4, 0.5) is 5.69 Å². The van der Waals surface area contributed by atoms with Crippen molar-refractivity contribution >= 4 is 21.6 Å². The molecule has 1 N–H and O–H groups in total. The molecule has 0 aliphatic carbocycles. The van der Waals surface area contributed by atoms with Crippen LogP contribution >= 0.6 is 0 Å². The first-order valence-electron chi connectivity index (χ1n) is 8.62. The van der Waals surface area contributed by atoms with Crippen LogP contribution in [-0.4, -0.2) is 38.0 Å². The number of hydrogen-bond donors (Lipinski definition) is 1. The van der Waals surface area contributed by atoms with Crippen LogP contribution < -0.4 is 5.32 Å². The Morgan fingerprint density at radius 2 is 1.73 bits per heavy atom. The number of carbonyl (C=O) groups excluding carboxylic acids is 1. The van der Waals surface area contributed by atoms with Gasteiger partial charge in [0.15, 0.2) is 0 Å². The molecule has 0 atom stereocenters. The Morgan fingerprint density at radius 1 is 1.04 bits per heavy atom. The summed E-state index contributed by atoms with van der Waals surface area (Å²) in [6.45, 7) is 4.10. The summed E-state index contributed by atoms with van der Waals surface area (Å²) in [7, 11) is -3.45. The number of amides is 1. The summed E-state index contributed by atoms with van der Waals surface area (Å²) >= 11 is 0. The van der Waals surface area contributed by atoms with E-state index in [1.807, 2.05) is 62.4 Å². The number of benzene rings is 2. The first-order chi connectivity index (χ1) is 12.3. The average molecular weight is 375 g/mol. The van der Waals surface area contributed by atoms with Crippen molar-refractivity contribution in [2.24, 2.45) is 0 Å². The lowest BCUT2D eigenvalue weighted by Gasteiger charge is -2.19. The van der Waals surface area contributed by atoms with E-state index >= 15 is 0 Å². The van der Waals surface area contributed by atoms with Gasteiger partial charge in [-0.25, -0.2) is 8.42 Å². The van der Waals surface area contributed by atoms with E-state index in [1.54, 1.807) is 0 Å². The molecule has 0 aliphatic heterocycles. The predicted octanol–water partition coefficient (Wildman–Crippen LogP) is 3.14. The number of nitrogens with one attached hydrogen (secondary N) is 1. The summed E-state index contributed by atoms with van der Waals surface area (Å²) in [5.74, 6) is -0.335. The molecule has 0 aromatic heterocycles. The monoisotopic (exact) mass is 374 g/mol. The van der Waals surface area contributed by atoms with Crippen molar-refractivity contribution in [3.05, 3.63) is 65.2 Å². The molecule has 0 saturated carbocycles. The lowest BCUT2D eigenvalue weighted by atomic mass is 10.1. The van der Waals surface area contributed by atoms with E-state index < -0.39 is 10.0 Å². The predicted molar refractivity (Wildman–Crippen MR) is 106 cm³/mol. The molecule has 2 aromatic carbocycles. The van der Waals surface area contributed by atoms with E-state index in [0.29, 0.717) is 18.7 Å². The quantitative estimate of drug-likeness (QED) is 0.772. The maximum absolute atomic E-state index is 12.3. The third kappa shape index (κ3) is 6.28. The van der Waals surface area contributed by atoms with Crippen LogP contribution in [0.25, 0.3) is 0 Å². The fourth-order valence-electron chi connectivity index (χ4n) is 2.65. The highest BCUT2D eigenvalue weighted by Crippen LogP contribution is 2.14. The fraction of sp³-hybridized carbons (Fsp3) is 0.350. The van der Waals surface area contributed by atoms with E-state index in [4.69, 9.17) is 0 Å². The molecule has 0 fully saturated rings. The Kier molecular flexibility index (Phi) is 6.94. The zero-order valence-corrected chi connectivity index (χ0v) is 16.3. The average Bonchev–Trinajstić information content (AvgIpc) is 2.57. The largest absolute Gasteiger partial charge is 0.325 e. The number of rotatable bonds is 8. The van der Waals surface area contributed by atoms with Crippen LogP contribution in [0.15, 0.2) is 48.5 Å². The van der Waals surface area contributed by atoms with Crippen molar-refractivity contribution in [2.75, 3.05) is 24.7 Å². The molecule has 0 radical (unpaired) electrons. The number of hydrogen-bond acceptors (Lipinski definition) is 3. The molecule has 0 heterocycles. The molecule has 0 aliphatic rings. The van der Waals surface area contributed by atoms with Gasteiger partial charge < -0.3 is 5.32 Å². The lowest BCUT2D eigenvalue weighted by molar-refractivity contribution is -0.116. The van der Waals surface area contributed by atoms with Gasteiger partial charge in [0.2, 0.25) is 15.9 Å². The second-order valence-electron chi connectivity index (χ2n) is 6.53. The van der Waals surface area contributed by atoms with Gasteiger partial charge in [-0.1, -0.05) is 36.4 Å². The smallest absolute Gasteiger partial charge is 0.239 e. The summed E-state index contributed by atoms with van der Waals surface area (Å²) in [6.07, 6.45) is 2.57. The van der Waals surface area contributed by atoms with E-state index in [1.165, 1.54) is 4.31 Å². The standard InChI is InChI=1S/C20H26N2O3S/c1-16-11-12-19(14-17(16)2)21-20(23)15-22(26(3,24)25)13-7-10-18-8-5-4-6-9-18/h4-6,8-9,11-12,14H,7,10,13,15H2,1-3H3,(H,21,23). The Labute approximate surface area is 156 Å². The van der Waals surface area contributed by atoms with Gasteiger partial charge in [-0.05, 0) is 55.5 Å². The molecule has 6 heteroatoms. The first kappa shape index (κ1) is 20.1. The third-order valence-corrected chi connectivity index (χ3v) is 5.55. The topological polar surface area (TPSA) is 66.5 Å². The Bertz CT molecular complexity index is 849. The van der Waals surface area contributed by atoms with Gasteiger partial charge in [-0.3, -0.25) is 4.79 Å². The van der Waals surface area contributed by atoms with Crippen LogP contribution in [0.5, 0.6) is 0 Å². The van der Waals surface area contributed by atoms with E-state index in [2.05, 4.69) is 5.32 Å². The highest BCUT2D eigenvalue weighted by Gasteiger charge is 2.20. The number of sulfonamides is 1. The fourth-order valence-corrected chi connectivity index (χ4v) is 3.46. The van der Waals surface area contributed by atoms with E-state index in [0.717, 1.165) is 29.4 Å². The minimum Gasteiger partial charge on any atom is -0.325 e. The number of aryl methyl sites for hydroxylation is 3. The highest BCUT2D eigenvalue weighted by atomic mass is 32.2. The molecule has 2 aromatic rings. The Balaban J connectivity index is 1.94. The zero-order chi connectivity index (χ0) is 19.2. The minimum atomic E-state index is -3.45.